The Hall–Kier alpha value is -2.93. The van der Waals surface area contributed by atoms with Crippen molar-refractivity contribution in [2.75, 3.05) is 22.7 Å². The second kappa shape index (κ2) is 9.47. The number of sulfonamides is 1. The molecule has 2 heterocycles. The van der Waals surface area contributed by atoms with Gasteiger partial charge in [-0.3, -0.25) is 4.72 Å². The summed E-state index contributed by atoms with van der Waals surface area (Å²) in [5, 5.41) is 8.75. The zero-order chi connectivity index (χ0) is 21.7. The molecule has 0 radical (unpaired) electrons. The number of nitrogens with zero attached hydrogens (tertiary/aromatic N) is 3. The molecule has 1 aromatic heterocycles. The SMILES string of the molecule is CCCc1ccc(S(=O)(=O)Nc2ccc(-c3ccc(N4CCCCC4)nn3)cc2)cc1. The number of anilines is 2. The van der Waals surface area contributed by atoms with Crippen molar-refractivity contribution in [3.8, 4) is 11.3 Å². The van der Waals surface area contributed by atoms with Gasteiger partial charge in [-0.25, -0.2) is 8.42 Å². The summed E-state index contributed by atoms with van der Waals surface area (Å²) < 4.78 is 28.0. The number of hydrogen-bond acceptors (Lipinski definition) is 5. The molecule has 0 aliphatic carbocycles. The van der Waals surface area contributed by atoms with E-state index in [2.05, 4.69) is 26.7 Å². The number of nitrogens with one attached hydrogen (secondary N) is 1. The lowest BCUT2D eigenvalue weighted by Crippen LogP contribution is -2.30. The van der Waals surface area contributed by atoms with Gasteiger partial charge in [0.15, 0.2) is 5.82 Å². The molecule has 1 aliphatic heterocycles. The summed E-state index contributed by atoms with van der Waals surface area (Å²) in [5.74, 6) is 0.915. The van der Waals surface area contributed by atoms with Crippen molar-refractivity contribution in [2.24, 2.45) is 0 Å². The predicted molar refractivity (Wildman–Crippen MR) is 125 cm³/mol. The van der Waals surface area contributed by atoms with Crippen molar-refractivity contribution in [3.05, 3.63) is 66.2 Å². The van der Waals surface area contributed by atoms with E-state index in [1.807, 2.05) is 36.4 Å². The van der Waals surface area contributed by atoms with Gasteiger partial charge in [-0.1, -0.05) is 37.6 Å². The third kappa shape index (κ3) is 5.22. The van der Waals surface area contributed by atoms with Crippen molar-refractivity contribution in [3.63, 3.8) is 0 Å². The fraction of sp³-hybridized carbons (Fsp3) is 0.333. The second-order valence-corrected chi connectivity index (χ2v) is 9.58. The first-order valence-electron chi connectivity index (χ1n) is 10.9. The molecule has 1 fully saturated rings. The zero-order valence-corrected chi connectivity index (χ0v) is 18.6. The average Bonchev–Trinajstić information content (AvgIpc) is 2.81. The summed E-state index contributed by atoms with van der Waals surface area (Å²) in [5.41, 5.74) is 3.31. The van der Waals surface area contributed by atoms with Crippen molar-refractivity contribution in [1.82, 2.24) is 10.2 Å². The minimum absolute atomic E-state index is 0.260. The second-order valence-electron chi connectivity index (χ2n) is 7.90. The molecule has 0 saturated carbocycles. The lowest BCUT2D eigenvalue weighted by atomic mass is 10.1. The summed E-state index contributed by atoms with van der Waals surface area (Å²) in [6.45, 7) is 4.17. The lowest BCUT2D eigenvalue weighted by molar-refractivity contribution is 0.571. The molecule has 0 spiro atoms. The van der Waals surface area contributed by atoms with Gasteiger partial charge in [-0.2, -0.15) is 0 Å². The normalized spacial score (nSPS) is 14.4. The van der Waals surface area contributed by atoms with Crippen LogP contribution in [0.25, 0.3) is 11.3 Å². The van der Waals surface area contributed by atoms with E-state index in [-0.39, 0.29) is 4.90 Å². The van der Waals surface area contributed by atoms with Crippen LogP contribution >= 0.6 is 0 Å². The monoisotopic (exact) mass is 436 g/mol. The first-order chi connectivity index (χ1) is 15.0. The van der Waals surface area contributed by atoms with Crippen LogP contribution in [0.4, 0.5) is 11.5 Å². The fourth-order valence-corrected chi connectivity index (χ4v) is 4.88. The molecule has 1 saturated heterocycles. The van der Waals surface area contributed by atoms with Gasteiger partial charge in [0.1, 0.15) is 0 Å². The summed E-state index contributed by atoms with van der Waals surface area (Å²) in [6, 6.07) is 18.2. The summed E-state index contributed by atoms with van der Waals surface area (Å²) in [7, 11) is -3.62. The molecule has 0 unspecified atom stereocenters. The lowest BCUT2D eigenvalue weighted by Gasteiger charge is -2.27. The predicted octanol–water partition coefficient (Wildman–Crippen LogP) is 4.89. The molecule has 31 heavy (non-hydrogen) atoms. The minimum atomic E-state index is -3.62. The third-order valence-corrected chi connectivity index (χ3v) is 6.93. The standard InChI is InChI=1S/C24H28N4O2S/c1-2-6-19-7-13-22(14-8-19)31(29,30)27-21-11-9-20(10-12-21)23-15-16-24(26-25-23)28-17-4-3-5-18-28/h7-16,27H,2-6,17-18H2,1H3. The van der Waals surface area contributed by atoms with Gasteiger partial charge in [0, 0.05) is 24.3 Å². The Bertz CT molecular complexity index is 1090. The van der Waals surface area contributed by atoms with E-state index in [9.17, 15) is 8.42 Å². The third-order valence-electron chi connectivity index (χ3n) is 5.54. The quantitative estimate of drug-likeness (QED) is 0.571. The van der Waals surface area contributed by atoms with E-state index in [1.54, 1.807) is 24.3 Å². The van der Waals surface area contributed by atoms with Gasteiger partial charge in [-0.15, -0.1) is 10.2 Å². The van der Waals surface area contributed by atoms with Gasteiger partial charge in [-0.05, 0) is 67.6 Å². The van der Waals surface area contributed by atoms with Crippen LogP contribution in [-0.4, -0.2) is 31.7 Å². The smallest absolute Gasteiger partial charge is 0.261 e. The Morgan fingerprint density at radius 1 is 0.871 bits per heavy atom. The summed E-state index contributed by atoms with van der Waals surface area (Å²) in [6.07, 6.45) is 5.65. The highest BCUT2D eigenvalue weighted by Crippen LogP contribution is 2.23. The van der Waals surface area contributed by atoms with E-state index in [1.165, 1.54) is 19.3 Å². The van der Waals surface area contributed by atoms with Crippen LogP contribution < -0.4 is 9.62 Å². The number of benzene rings is 2. The average molecular weight is 437 g/mol. The molecule has 3 aromatic rings. The van der Waals surface area contributed by atoms with Crippen LogP contribution in [0.5, 0.6) is 0 Å². The molecule has 7 heteroatoms. The Labute approximate surface area is 184 Å². The van der Waals surface area contributed by atoms with E-state index in [0.717, 1.165) is 48.6 Å². The Kier molecular flexibility index (Phi) is 6.51. The van der Waals surface area contributed by atoms with Gasteiger partial charge in [0.25, 0.3) is 10.0 Å². The van der Waals surface area contributed by atoms with Gasteiger partial charge >= 0.3 is 0 Å². The topological polar surface area (TPSA) is 75.2 Å². The fourth-order valence-electron chi connectivity index (χ4n) is 3.82. The maximum absolute atomic E-state index is 12.7. The number of aromatic nitrogens is 2. The first-order valence-corrected chi connectivity index (χ1v) is 12.3. The molecule has 0 amide bonds. The summed E-state index contributed by atoms with van der Waals surface area (Å²) >= 11 is 0. The molecule has 2 aromatic carbocycles. The zero-order valence-electron chi connectivity index (χ0n) is 17.8. The Morgan fingerprint density at radius 2 is 1.58 bits per heavy atom. The van der Waals surface area contributed by atoms with Crippen molar-refractivity contribution in [2.45, 2.75) is 43.9 Å². The van der Waals surface area contributed by atoms with Gasteiger partial charge < -0.3 is 4.90 Å². The summed E-state index contributed by atoms with van der Waals surface area (Å²) in [4.78, 5) is 2.53. The maximum atomic E-state index is 12.7. The molecular formula is C24H28N4O2S. The van der Waals surface area contributed by atoms with E-state index in [4.69, 9.17) is 0 Å². The van der Waals surface area contributed by atoms with Crippen LogP contribution in [0.15, 0.2) is 65.6 Å². The molecule has 1 N–H and O–H groups in total. The number of aryl methyl sites for hydroxylation is 1. The molecule has 0 bridgehead atoms. The van der Waals surface area contributed by atoms with E-state index in [0.29, 0.717) is 5.69 Å². The highest BCUT2D eigenvalue weighted by Gasteiger charge is 2.15. The molecule has 0 atom stereocenters. The molecular weight excluding hydrogens is 408 g/mol. The largest absolute Gasteiger partial charge is 0.355 e. The number of rotatable bonds is 7. The first kappa shape index (κ1) is 21.3. The highest BCUT2D eigenvalue weighted by molar-refractivity contribution is 7.92. The Balaban J connectivity index is 1.44. The van der Waals surface area contributed by atoms with Crippen molar-refractivity contribution < 1.29 is 8.42 Å². The minimum Gasteiger partial charge on any atom is -0.355 e. The van der Waals surface area contributed by atoms with E-state index >= 15 is 0 Å². The van der Waals surface area contributed by atoms with Crippen LogP contribution in [0.2, 0.25) is 0 Å². The van der Waals surface area contributed by atoms with Crippen molar-refractivity contribution in [1.29, 1.82) is 0 Å². The van der Waals surface area contributed by atoms with Gasteiger partial charge in [0.05, 0.1) is 10.6 Å². The van der Waals surface area contributed by atoms with Crippen LogP contribution in [0, 0.1) is 0 Å². The Morgan fingerprint density at radius 3 is 2.19 bits per heavy atom. The van der Waals surface area contributed by atoms with E-state index < -0.39 is 10.0 Å². The molecule has 4 rings (SSSR count). The van der Waals surface area contributed by atoms with Gasteiger partial charge in [0.2, 0.25) is 0 Å². The maximum Gasteiger partial charge on any atom is 0.261 e. The van der Waals surface area contributed by atoms with Crippen LogP contribution in [0.1, 0.15) is 38.2 Å². The number of piperidine rings is 1. The van der Waals surface area contributed by atoms with Crippen LogP contribution in [-0.2, 0) is 16.4 Å². The molecule has 1 aliphatic rings. The molecule has 162 valence electrons. The number of hydrogen-bond donors (Lipinski definition) is 1. The highest BCUT2D eigenvalue weighted by atomic mass is 32.2. The molecule has 6 nitrogen and oxygen atoms in total. The van der Waals surface area contributed by atoms with Crippen LogP contribution in [0.3, 0.4) is 0 Å². The van der Waals surface area contributed by atoms with Crippen molar-refractivity contribution >= 4 is 21.5 Å².